The molecule has 16 heavy (non-hydrogen) atoms. The van der Waals surface area contributed by atoms with Crippen LogP contribution in [0.1, 0.15) is 23.7 Å². The van der Waals surface area contributed by atoms with E-state index in [0.717, 1.165) is 14.8 Å². The third-order valence-electron chi connectivity index (χ3n) is 2.05. The van der Waals surface area contributed by atoms with E-state index >= 15 is 0 Å². The minimum atomic E-state index is 0.160. The summed E-state index contributed by atoms with van der Waals surface area (Å²) in [6, 6.07) is 7.60. The first-order valence-corrected chi connectivity index (χ1v) is 6.57. The van der Waals surface area contributed by atoms with Crippen LogP contribution in [0.25, 0.3) is 0 Å². The summed E-state index contributed by atoms with van der Waals surface area (Å²) in [5.41, 5.74) is 2.46. The van der Waals surface area contributed by atoms with Gasteiger partial charge in [0.15, 0.2) is 10.1 Å². The van der Waals surface area contributed by atoms with Gasteiger partial charge in [-0.15, -0.1) is 10.2 Å². The maximum absolute atomic E-state index is 11.7. The van der Waals surface area contributed by atoms with Crippen molar-refractivity contribution in [3.63, 3.8) is 0 Å². The highest BCUT2D eigenvalue weighted by molar-refractivity contribution is 8.01. The lowest BCUT2D eigenvalue weighted by atomic mass is 10.1. The molecule has 3 nitrogen and oxygen atoms in total. The van der Waals surface area contributed by atoms with Crippen LogP contribution in [0, 0.1) is 0 Å². The van der Waals surface area contributed by atoms with Gasteiger partial charge in [-0.1, -0.05) is 48.2 Å². The zero-order valence-electron chi connectivity index (χ0n) is 8.71. The Morgan fingerprint density at radius 3 is 2.94 bits per heavy atom. The van der Waals surface area contributed by atoms with Crippen LogP contribution in [0.15, 0.2) is 39.0 Å². The summed E-state index contributed by atoms with van der Waals surface area (Å²) in [6.07, 6.45) is 0.522. The van der Waals surface area contributed by atoms with E-state index in [-0.39, 0.29) is 5.78 Å². The van der Waals surface area contributed by atoms with Crippen LogP contribution in [0.2, 0.25) is 0 Å². The lowest BCUT2D eigenvalue weighted by Gasteiger charge is -2.04. The number of hydrogen-bond acceptors (Lipinski definition) is 5. The fourth-order valence-corrected chi connectivity index (χ4v) is 2.86. The first-order valence-electron chi connectivity index (χ1n) is 4.87. The molecule has 0 N–H and O–H groups in total. The van der Waals surface area contributed by atoms with Gasteiger partial charge in [0.2, 0.25) is 0 Å². The third-order valence-corrected chi connectivity index (χ3v) is 3.90. The van der Waals surface area contributed by atoms with Crippen LogP contribution in [0.5, 0.6) is 0 Å². The van der Waals surface area contributed by atoms with Gasteiger partial charge < -0.3 is 0 Å². The average Bonchev–Trinajstić information content (AvgIpc) is 2.82. The summed E-state index contributed by atoms with van der Waals surface area (Å²) in [7, 11) is 0. The van der Waals surface area contributed by atoms with Gasteiger partial charge in [-0.25, -0.2) is 0 Å². The highest BCUT2D eigenvalue weighted by Crippen LogP contribution is 2.31. The summed E-state index contributed by atoms with van der Waals surface area (Å²) in [5.74, 6) is 0.160. The van der Waals surface area contributed by atoms with Crippen LogP contribution < -0.4 is 0 Å². The summed E-state index contributed by atoms with van der Waals surface area (Å²) >= 11 is 2.96. The summed E-state index contributed by atoms with van der Waals surface area (Å²) in [6.45, 7) is 1.87. The van der Waals surface area contributed by atoms with Gasteiger partial charge in [0.25, 0.3) is 0 Å². The van der Waals surface area contributed by atoms with E-state index in [1.807, 2.05) is 31.2 Å². The van der Waals surface area contributed by atoms with Crippen molar-refractivity contribution in [2.24, 2.45) is 0 Å². The normalized spacial score (nSPS) is 10.3. The Morgan fingerprint density at radius 1 is 1.44 bits per heavy atom. The molecule has 0 unspecified atom stereocenters. The summed E-state index contributed by atoms with van der Waals surface area (Å²) in [5, 5.41) is 7.73. The number of nitrogens with zero attached hydrogens (tertiary/aromatic N) is 2. The van der Waals surface area contributed by atoms with Gasteiger partial charge in [-0.2, -0.15) is 0 Å². The van der Waals surface area contributed by atoms with Crippen molar-refractivity contribution >= 4 is 28.9 Å². The van der Waals surface area contributed by atoms with Crippen LogP contribution in [-0.2, 0) is 0 Å². The second-order valence-corrected chi connectivity index (χ2v) is 5.20. The van der Waals surface area contributed by atoms with Gasteiger partial charge >= 0.3 is 0 Å². The molecular formula is C11H10N2OS2. The number of rotatable bonds is 4. The Morgan fingerprint density at radius 2 is 2.25 bits per heavy atom. The molecule has 0 aliphatic carbocycles. The van der Waals surface area contributed by atoms with Crippen molar-refractivity contribution in [3.05, 3.63) is 35.3 Å². The molecule has 2 rings (SSSR count). The molecule has 0 amide bonds. The van der Waals surface area contributed by atoms with E-state index in [1.165, 1.54) is 23.1 Å². The zero-order valence-corrected chi connectivity index (χ0v) is 10.3. The molecule has 1 aromatic heterocycles. The Hall–Kier alpha value is -1.20. The second-order valence-electron chi connectivity index (χ2n) is 3.08. The molecule has 0 aliphatic heterocycles. The van der Waals surface area contributed by atoms with Crippen molar-refractivity contribution in [3.8, 4) is 0 Å². The lowest BCUT2D eigenvalue weighted by Crippen LogP contribution is -1.98. The highest BCUT2D eigenvalue weighted by atomic mass is 32.2. The van der Waals surface area contributed by atoms with Gasteiger partial charge in [0.05, 0.1) is 0 Å². The number of carbonyl (C=O) groups is 1. The maximum Gasteiger partial charge on any atom is 0.178 e. The molecule has 0 spiro atoms. The lowest BCUT2D eigenvalue weighted by molar-refractivity contribution is 0.0985. The minimum absolute atomic E-state index is 0.160. The Labute approximate surface area is 102 Å². The van der Waals surface area contributed by atoms with Crippen molar-refractivity contribution in [1.82, 2.24) is 10.2 Å². The van der Waals surface area contributed by atoms with Crippen molar-refractivity contribution in [2.75, 3.05) is 0 Å². The highest BCUT2D eigenvalue weighted by Gasteiger charge is 2.11. The molecule has 0 saturated heterocycles. The molecule has 5 heteroatoms. The number of benzene rings is 1. The quantitative estimate of drug-likeness (QED) is 0.781. The molecule has 82 valence electrons. The van der Waals surface area contributed by atoms with Crippen LogP contribution in [0.3, 0.4) is 0 Å². The van der Waals surface area contributed by atoms with Crippen molar-refractivity contribution < 1.29 is 4.79 Å². The number of hydrogen-bond donors (Lipinski definition) is 0. The van der Waals surface area contributed by atoms with E-state index < -0.39 is 0 Å². The third kappa shape index (κ3) is 2.48. The minimum Gasteiger partial charge on any atom is -0.294 e. The molecule has 0 radical (unpaired) electrons. The molecule has 1 aromatic carbocycles. The predicted octanol–water partition coefficient (Wildman–Crippen LogP) is 3.28. The van der Waals surface area contributed by atoms with Crippen LogP contribution >= 0.6 is 23.1 Å². The van der Waals surface area contributed by atoms with Crippen LogP contribution in [-0.4, -0.2) is 16.0 Å². The first-order chi connectivity index (χ1) is 7.81. The molecule has 0 fully saturated rings. The van der Waals surface area contributed by atoms with E-state index in [4.69, 9.17) is 0 Å². The van der Waals surface area contributed by atoms with Crippen LogP contribution in [0.4, 0.5) is 0 Å². The summed E-state index contributed by atoms with van der Waals surface area (Å²) < 4.78 is 0.858. The Bertz CT molecular complexity index is 482. The van der Waals surface area contributed by atoms with Gasteiger partial charge in [-0.05, 0) is 6.07 Å². The number of carbonyl (C=O) groups excluding carboxylic acids is 1. The van der Waals surface area contributed by atoms with Gasteiger partial charge in [0.1, 0.15) is 5.51 Å². The smallest absolute Gasteiger partial charge is 0.178 e. The Kier molecular flexibility index (Phi) is 3.69. The SMILES string of the molecule is CCC(=O)c1ccccc1Sc1nncs1. The molecule has 2 aromatic rings. The summed E-state index contributed by atoms with van der Waals surface area (Å²) in [4.78, 5) is 12.7. The number of ketones is 1. The van der Waals surface area contributed by atoms with E-state index in [2.05, 4.69) is 10.2 Å². The molecule has 0 aliphatic rings. The molecule has 0 saturated carbocycles. The predicted molar refractivity (Wildman–Crippen MR) is 65.1 cm³/mol. The zero-order chi connectivity index (χ0) is 11.4. The second kappa shape index (κ2) is 5.23. The van der Waals surface area contributed by atoms with Crippen molar-refractivity contribution in [1.29, 1.82) is 0 Å². The molecular weight excluding hydrogens is 240 g/mol. The van der Waals surface area contributed by atoms with E-state index in [0.29, 0.717) is 6.42 Å². The molecule has 0 atom stereocenters. The fraction of sp³-hybridized carbons (Fsp3) is 0.182. The standard InChI is InChI=1S/C11H10N2OS2/c1-2-9(14)8-5-3-4-6-10(8)16-11-13-12-7-15-11/h3-7H,2H2,1H3. The number of Topliss-reactive ketones (excluding diaryl/α,β-unsaturated/α-hetero) is 1. The van der Waals surface area contributed by atoms with E-state index in [9.17, 15) is 4.79 Å². The molecule has 1 heterocycles. The Balaban J connectivity index is 2.30. The van der Waals surface area contributed by atoms with Gasteiger partial charge in [-0.3, -0.25) is 4.79 Å². The molecule has 0 bridgehead atoms. The fourth-order valence-electron chi connectivity index (χ4n) is 1.28. The largest absolute Gasteiger partial charge is 0.294 e. The maximum atomic E-state index is 11.7. The average molecular weight is 250 g/mol. The number of aromatic nitrogens is 2. The van der Waals surface area contributed by atoms with Crippen molar-refractivity contribution in [2.45, 2.75) is 22.6 Å². The first kappa shape index (κ1) is 11.3. The van der Waals surface area contributed by atoms with E-state index in [1.54, 1.807) is 5.51 Å². The monoisotopic (exact) mass is 250 g/mol. The van der Waals surface area contributed by atoms with Gasteiger partial charge in [0, 0.05) is 16.9 Å². The topological polar surface area (TPSA) is 42.9 Å².